The Balaban J connectivity index is 1.79. The zero-order valence-electron chi connectivity index (χ0n) is 23.2. The van der Waals surface area contributed by atoms with Crippen LogP contribution in [0.25, 0.3) is 0 Å². The normalized spacial score (nSPS) is 17.5. The van der Waals surface area contributed by atoms with Crippen LogP contribution in [-0.2, 0) is 24.5 Å². The van der Waals surface area contributed by atoms with Crippen molar-refractivity contribution in [2.75, 3.05) is 6.54 Å². The fourth-order valence-corrected chi connectivity index (χ4v) is 5.22. The maximum absolute atomic E-state index is 13.3. The number of hydrogen-bond acceptors (Lipinski definition) is 5. The standard InChI is InChI=1S/C30H37Cl2N3O5/c1-18(2)14-25(28(38)34-24(17-36)15-20-12-13-33-27(20)37)35-29(39)40-26(19-8-10-22(31)11-9-19)30(3,4)21-6-5-7-23(32)16-21/h5-11,16-18,20,24-26H,12-15H2,1-4H3,(H,33,37)(H,34,38)(H,35,39). The Morgan fingerprint density at radius 2 is 1.80 bits per heavy atom. The Labute approximate surface area is 245 Å². The minimum absolute atomic E-state index is 0.0568. The predicted molar refractivity (Wildman–Crippen MR) is 155 cm³/mol. The molecule has 1 heterocycles. The van der Waals surface area contributed by atoms with Crippen molar-refractivity contribution in [3.8, 4) is 0 Å². The summed E-state index contributed by atoms with van der Waals surface area (Å²) in [4.78, 5) is 50.2. The minimum atomic E-state index is -0.951. The number of nitrogens with one attached hydrogen (secondary N) is 3. The number of halogens is 2. The second-order valence-electron chi connectivity index (χ2n) is 11.2. The van der Waals surface area contributed by atoms with Gasteiger partial charge < -0.3 is 25.5 Å². The predicted octanol–water partition coefficient (Wildman–Crippen LogP) is 5.36. The molecule has 4 atom stereocenters. The topological polar surface area (TPSA) is 114 Å². The summed E-state index contributed by atoms with van der Waals surface area (Å²) in [6, 6.07) is 12.6. The highest BCUT2D eigenvalue weighted by Gasteiger charge is 2.37. The van der Waals surface area contributed by atoms with E-state index in [0.717, 1.165) is 5.56 Å². The lowest BCUT2D eigenvalue weighted by Crippen LogP contribution is -2.51. The Kier molecular flexibility index (Phi) is 11.0. The average Bonchev–Trinajstić information content (AvgIpc) is 3.30. The van der Waals surface area contributed by atoms with Gasteiger partial charge in [-0.25, -0.2) is 4.79 Å². The summed E-state index contributed by atoms with van der Waals surface area (Å²) >= 11 is 12.4. The zero-order chi connectivity index (χ0) is 29.4. The van der Waals surface area contributed by atoms with E-state index in [2.05, 4.69) is 16.0 Å². The molecule has 3 N–H and O–H groups in total. The summed E-state index contributed by atoms with van der Waals surface area (Å²) in [6.07, 6.45) is 0.209. The van der Waals surface area contributed by atoms with Gasteiger partial charge in [-0.2, -0.15) is 0 Å². The number of alkyl carbamates (subject to hydrolysis) is 1. The summed E-state index contributed by atoms with van der Waals surface area (Å²) in [7, 11) is 0. The maximum Gasteiger partial charge on any atom is 0.408 e. The van der Waals surface area contributed by atoms with Gasteiger partial charge in [-0.3, -0.25) is 9.59 Å². The fourth-order valence-electron chi connectivity index (χ4n) is 4.90. The van der Waals surface area contributed by atoms with Crippen LogP contribution in [-0.4, -0.2) is 42.8 Å². The monoisotopic (exact) mass is 589 g/mol. The van der Waals surface area contributed by atoms with E-state index in [4.69, 9.17) is 27.9 Å². The number of carbonyl (C=O) groups excluding carboxylic acids is 4. The highest BCUT2D eigenvalue weighted by atomic mass is 35.5. The molecule has 0 saturated carbocycles. The van der Waals surface area contributed by atoms with Gasteiger partial charge in [0.15, 0.2) is 0 Å². The lowest BCUT2D eigenvalue weighted by Gasteiger charge is -2.35. The van der Waals surface area contributed by atoms with Crippen molar-refractivity contribution in [2.24, 2.45) is 11.8 Å². The van der Waals surface area contributed by atoms with E-state index >= 15 is 0 Å². The molecule has 1 saturated heterocycles. The second-order valence-corrected chi connectivity index (χ2v) is 12.0. The molecule has 0 aliphatic carbocycles. The van der Waals surface area contributed by atoms with Crippen molar-refractivity contribution >= 4 is 47.4 Å². The third kappa shape index (κ3) is 8.45. The number of hydrogen-bond donors (Lipinski definition) is 3. The average molecular weight is 591 g/mol. The van der Waals surface area contributed by atoms with Crippen molar-refractivity contribution in [1.29, 1.82) is 0 Å². The minimum Gasteiger partial charge on any atom is -0.440 e. The van der Waals surface area contributed by atoms with Crippen molar-refractivity contribution < 1.29 is 23.9 Å². The molecule has 1 aliphatic heterocycles. The Bertz CT molecular complexity index is 1200. The van der Waals surface area contributed by atoms with E-state index in [1.165, 1.54) is 0 Å². The van der Waals surface area contributed by atoms with Gasteiger partial charge in [0.25, 0.3) is 0 Å². The van der Waals surface area contributed by atoms with Gasteiger partial charge in [-0.05, 0) is 60.6 Å². The van der Waals surface area contributed by atoms with E-state index in [1.54, 1.807) is 30.3 Å². The summed E-state index contributed by atoms with van der Waals surface area (Å²) < 4.78 is 6.01. The lowest BCUT2D eigenvalue weighted by atomic mass is 9.76. The van der Waals surface area contributed by atoms with Gasteiger partial charge in [0.2, 0.25) is 11.8 Å². The molecule has 4 unspecified atom stereocenters. The molecule has 1 aliphatic rings. The quantitative estimate of drug-likeness (QED) is 0.288. The van der Waals surface area contributed by atoms with Crippen LogP contribution >= 0.6 is 23.2 Å². The highest BCUT2D eigenvalue weighted by Crippen LogP contribution is 2.40. The SMILES string of the molecule is CC(C)CC(NC(=O)OC(c1ccc(Cl)cc1)C(C)(C)c1cccc(Cl)c1)C(=O)NC(C=O)CC1CCNC1=O. The molecule has 1 fully saturated rings. The Morgan fingerprint density at radius 1 is 1.10 bits per heavy atom. The maximum atomic E-state index is 13.3. The van der Waals surface area contributed by atoms with Crippen LogP contribution in [0, 0.1) is 11.8 Å². The van der Waals surface area contributed by atoms with Gasteiger partial charge in [0.1, 0.15) is 18.4 Å². The zero-order valence-corrected chi connectivity index (χ0v) is 24.7. The van der Waals surface area contributed by atoms with Crippen LogP contribution in [0.5, 0.6) is 0 Å². The molecule has 8 nitrogen and oxygen atoms in total. The van der Waals surface area contributed by atoms with Gasteiger partial charge in [-0.1, -0.05) is 75.2 Å². The molecular weight excluding hydrogens is 553 g/mol. The molecular formula is C30H37Cl2N3O5. The summed E-state index contributed by atoms with van der Waals surface area (Å²) in [6.45, 7) is 8.28. The molecule has 3 amide bonds. The third-order valence-corrected chi connectivity index (χ3v) is 7.62. The van der Waals surface area contributed by atoms with Crippen molar-refractivity contribution in [1.82, 2.24) is 16.0 Å². The van der Waals surface area contributed by atoms with Crippen LogP contribution in [0.4, 0.5) is 4.79 Å². The van der Waals surface area contributed by atoms with Gasteiger partial charge in [0.05, 0.1) is 6.04 Å². The third-order valence-electron chi connectivity index (χ3n) is 7.13. The highest BCUT2D eigenvalue weighted by molar-refractivity contribution is 6.30. The van der Waals surface area contributed by atoms with E-state index in [-0.39, 0.29) is 24.2 Å². The number of aldehydes is 1. The van der Waals surface area contributed by atoms with E-state index < -0.39 is 35.6 Å². The molecule has 0 aromatic heterocycles. The van der Waals surface area contributed by atoms with Crippen LogP contribution < -0.4 is 16.0 Å². The summed E-state index contributed by atoms with van der Waals surface area (Å²) in [5.41, 5.74) is 0.857. The molecule has 3 rings (SSSR count). The molecule has 2 aromatic rings. The fraction of sp³-hybridized carbons (Fsp3) is 0.467. The Morgan fingerprint density at radius 3 is 2.38 bits per heavy atom. The van der Waals surface area contributed by atoms with Crippen LogP contribution in [0.3, 0.4) is 0 Å². The number of rotatable bonds is 12. The lowest BCUT2D eigenvalue weighted by molar-refractivity contribution is -0.127. The van der Waals surface area contributed by atoms with Crippen LogP contribution in [0.2, 0.25) is 10.0 Å². The summed E-state index contributed by atoms with van der Waals surface area (Å²) in [5, 5.41) is 9.23. The van der Waals surface area contributed by atoms with Gasteiger partial charge in [-0.15, -0.1) is 0 Å². The Hall–Kier alpha value is -3.10. The molecule has 10 heteroatoms. The molecule has 216 valence electrons. The first-order valence-corrected chi connectivity index (χ1v) is 14.2. The number of amides is 3. The molecule has 0 spiro atoms. The molecule has 0 radical (unpaired) electrons. The molecule has 2 aromatic carbocycles. The van der Waals surface area contributed by atoms with Crippen LogP contribution in [0.1, 0.15) is 64.2 Å². The largest absolute Gasteiger partial charge is 0.440 e. The van der Waals surface area contributed by atoms with Crippen molar-refractivity contribution in [3.05, 3.63) is 69.7 Å². The van der Waals surface area contributed by atoms with Crippen molar-refractivity contribution in [2.45, 2.75) is 70.6 Å². The van der Waals surface area contributed by atoms with Crippen molar-refractivity contribution in [3.63, 3.8) is 0 Å². The van der Waals surface area contributed by atoms with Gasteiger partial charge in [0, 0.05) is 27.9 Å². The second kappa shape index (κ2) is 14.0. The first kappa shape index (κ1) is 31.4. The van der Waals surface area contributed by atoms with E-state index in [0.29, 0.717) is 41.3 Å². The van der Waals surface area contributed by atoms with Crippen LogP contribution in [0.15, 0.2) is 48.5 Å². The first-order valence-electron chi connectivity index (χ1n) is 13.4. The molecule has 40 heavy (non-hydrogen) atoms. The number of ether oxygens (including phenoxy) is 1. The summed E-state index contributed by atoms with van der Waals surface area (Å²) in [5.74, 6) is -0.928. The smallest absolute Gasteiger partial charge is 0.408 e. The van der Waals surface area contributed by atoms with Gasteiger partial charge >= 0.3 is 6.09 Å². The first-order chi connectivity index (χ1) is 18.9. The van der Waals surface area contributed by atoms with E-state index in [1.807, 2.05) is 45.9 Å². The van der Waals surface area contributed by atoms with E-state index in [9.17, 15) is 19.2 Å². The number of benzene rings is 2. The number of carbonyl (C=O) groups is 4. The molecule has 0 bridgehead atoms.